The predicted octanol–water partition coefficient (Wildman–Crippen LogP) is 2.33. The Hall–Kier alpha value is -2.35. The number of hydrogen-bond acceptors (Lipinski definition) is 3. The Balaban J connectivity index is 2.61. The van der Waals surface area contributed by atoms with Crippen LogP contribution in [0.5, 0.6) is 0 Å². The molecule has 1 fully saturated rings. The minimum absolute atomic E-state index is 0.0307. The Morgan fingerprint density at radius 2 is 2.00 bits per heavy atom. The van der Waals surface area contributed by atoms with E-state index < -0.39 is 23.5 Å². The van der Waals surface area contributed by atoms with Crippen LogP contribution in [0.3, 0.4) is 0 Å². The first-order valence-corrected chi connectivity index (χ1v) is 6.81. The highest BCUT2D eigenvalue weighted by Gasteiger charge is 2.49. The Bertz CT molecular complexity index is 625. The molecule has 2 unspecified atom stereocenters. The number of carbonyl (C=O) groups excluding carboxylic acids is 1. The quantitative estimate of drug-likeness (QED) is 0.904. The van der Waals surface area contributed by atoms with Crippen LogP contribution >= 0.6 is 0 Å². The van der Waals surface area contributed by atoms with Crippen molar-refractivity contribution in [1.82, 2.24) is 4.90 Å². The van der Waals surface area contributed by atoms with Crippen LogP contribution in [0.2, 0.25) is 0 Å². The van der Waals surface area contributed by atoms with E-state index in [1.54, 1.807) is 29.2 Å². The number of amides is 1. The molecule has 1 aliphatic heterocycles. The van der Waals surface area contributed by atoms with E-state index >= 15 is 0 Å². The average Bonchev–Trinajstić information content (AvgIpc) is 2.76. The molecule has 0 radical (unpaired) electrons. The fraction of sp³-hybridized carbons (Fsp3) is 0.438. The molecule has 1 aromatic rings. The van der Waals surface area contributed by atoms with Crippen molar-refractivity contribution < 1.29 is 14.7 Å². The van der Waals surface area contributed by atoms with Gasteiger partial charge in [0, 0.05) is 12.0 Å². The number of aliphatic carboxylic acids is 1. The fourth-order valence-corrected chi connectivity index (χ4v) is 2.96. The number of likely N-dealkylation sites (tertiary alicyclic amines) is 1. The highest BCUT2D eigenvalue weighted by molar-refractivity contribution is 5.88. The zero-order chi connectivity index (χ0) is 15.8. The van der Waals surface area contributed by atoms with Crippen molar-refractivity contribution in [2.75, 3.05) is 0 Å². The normalized spacial score (nSPS) is 22.2. The lowest BCUT2D eigenvalue weighted by Gasteiger charge is -2.38. The molecule has 21 heavy (non-hydrogen) atoms. The third kappa shape index (κ3) is 2.62. The predicted molar refractivity (Wildman–Crippen MR) is 76.2 cm³/mol. The molecule has 1 aliphatic rings. The van der Waals surface area contributed by atoms with Crippen LogP contribution in [0.1, 0.15) is 44.4 Å². The summed E-state index contributed by atoms with van der Waals surface area (Å²) in [5.41, 5.74) is 0.514. The molecule has 0 bridgehead atoms. The number of rotatable bonds is 2. The zero-order valence-corrected chi connectivity index (χ0v) is 12.3. The van der Waals surface area contributed by atoms with Crippen LogP contribution in [0, 0.1) is 17.2 Å². The Morgan fingerprint density at radius 3 is 2.52 bits per heavy atom. The van der Waals surface area contributed by atoms with Gasteiger partial charge < -0.3 is 10.0 Å². The molecule has 0 spiro atoms. The van der Waals surface area contributed by atoms with Gasteiger partial charge in [-0.15, -0.1) is 0 Å². The first-order valence-electron chi connectivity index (χ1n) is 6.81. The van der Waals surface area contributed by atoms with Gasteiger partial charge in [0.15, 0.2) is 0 Å². The van der Waals surface area contributed by atoms with Gasteiger partial charge in [0.25, 0.3) is 0 Å². The molecule has 2 atom stereocenters. The summed E-state index contributed by atoms with van der Waals surface area (Å²) in [5.74, 6) is -2.02. The van der Waals surface area contributed by atoms with Crippen molar-refractivity contribution in [2.24, 2.45) is 5.92 Å². The second-order valence-electron chi connectivity index (χ2n) is 6.23. The Morgan fingerprint density at radius 1 is 1.38 bits per heavy atom. The smallest absolute Gasteiger partial charge is 0.309 e. The maximum atomic E-state index is 12.3. The van der Waals surface area contributed by atoms with Crippen LogP contribution in [0.15, 0.2) is 24.3 Å². The van der Waals surface area contributed by atoms with Crippen LogP contribution < -0.4 is 0 Å². The number of hydrogen-bond donors (Lipinski definition) is 1. The summed E-state index contributed by atoms with van der Waals surface area (Å²) in [6, 6.07) is 8.36. The molecular formula is C16H18N2O3. The van der Waals surface area contributed by atoms with Crippen LogP contribution in [0.4, 0.5) is 0 Å². The Kier molecular flexibility index (Phi) is 3.73. The number of carboxylic acid groups (broad SMARTS) is 1. The molecule has 5 heteroatoms. The summed E-state index contributed by atoms with van der Waals surface area (Å²) in [5, 5.41) is 18.7. The van der Waals surface area contributed by atoms with E-state index in [2.05, 4.69) is 6.07 Å². The van der Waals surface area contributed by atoms with Gasteiger partial charge in [0.2, 0.25) is 5.91 Å². The highest BCUT2D eigenvalue weighted by Crippen LogP contribution is 2.43. The number of benzene rings is 1. The lowest BCUT2D eigenvalue weighted by molar-refractivity contribution is -0.142. The van der Waals surface area contributed by atoms with Crippen LogP contribution in [-0.2, 0) is 9.59 Å². The maximum Gasteiger partial charge on any atom is 0.309 e. The summed E-state index contributed by atoms with van der Waals surface area (Å²) >= 11 is 0. The second-order valence-corrected chi connectivity index (χ2v) is 6.23. The van der Waals surface area contributed by atoms with Gasteiger partial charge in [-0.25, -0.2) is 0 Å². The third-order valence-corrected chi connectivity index (χ3v) is 3.76. The molecular weight excluding hydrogens is 268 g/mol. The molecule has 5 nitrogen and oxygen atoms in total. The van der Waals surface area contributed by atoms with Gasteiger partial charge in [-0.05, 0) is 32.4 Å². The number of nitriles is 1. The third-order valence-electron chi connectivity index (χ3n) is 3.76. The SMILES string of the molecule is CC(C)(C)N1C(=O)CC(C(=O)O)C1c1ccccc1C#N. The molecule has 1 heterocycles. The van der Waals surface area contributed by atoms with Crippen molar-refractivity contribution >= 4 is 11.9 Å². The molecule has 1 saturated heterocycles. The Labute approximate surface area is 123 Å². The standard InChI is InChI=1S/C16H18N2O3/c1-16(2,3)18-13(19)8-12(15(20)21)14(18)11-7-5-4-6-10(11)9-17/h4-7,12,14H,8H2,1-3H3,(H,20,21). The van der Waals surface area contributed by atoms with Crippen molar-refractivity contribution in [1.29, 1.82) is 5.26 Å². The molecule has 110 valence electrons. The molecule has 0 saturated carbocycles. The molecule has 1 amide bonds. The monoisotopic (exact) mass is 286 g/mol. The number of nitrogens with zero attached hydrogens (tertiary/aromatic N) is 2. The summed E-state index contributed by atoms with van der Waals surface area (Å²) in [6.07, 6.45) is -0.0307. The highest BCUT2D eigenvalue weighted by atomic mass is 16.4. The fourth-order valence-electron chi connectivity index (χ4n) is 2.96. The summed E-state index contributed by atoms with van der Waals surface area (Å²) in [4.78, 5) is 25.4. The van der Waals surface area contributed by atoms with Crippen LogP contribution in [-0.4, -0.2) is 27.4 Å². The summed E-state index contributed by atoms with van der Waals surface area (Å²) in [7, 11) is 0. The van der Waals surface area contributed by atoms with Crippen molar-refractivity contribution in [3.8, 4) is 6.07 Å². The van der Waals surface area contributed by atoms with E-state index in [0.29, 0.717) is 11.1 Å². The molecule has 2 rings (SSSR count). The number of carboxylic acids is 1. The summed E-state index contributed by atoms with van der Waals surface area (Å²) in [6.45, 7) is 5.62. The molecule has 1 aromatic carbocycles. The maximum absolute atomic E-state index is 12.3. The zero-order valence-electron chi connectivity index (χ0n) is 12.3. The molecule has 0 aliphatic carbocycles. The van der Waals surface area contributed by atoms with E-state index in [1.807, 2.05) is 20.8 Å². The number of carbonyl (C=O) groups is 2. The van der Waals surface area contributed by atoms with E-state index in [4.69, 9.17) is 0 Å². The average molecular weight is 286 g/mol. The largest absolute Gasteiger partial charge is 0.481 e. The second kappa shape index (κ2) is 5.21. The first kappa shape index (κ1) is 15.0. The van der Waals surface area contributed by atoms with Gasteiger partial charge >= 0.3 is 5.97 Å². The van der Waals surface area contributed by atoms with Crippen molar-refractivity contribution in [3.05, 3.63) is 35.4 Å². The van der Waals surface area contributed by atoms with Gasteiger partial charge in [0.1, 0.15) is 0 Å². The minimum atomic E-state index is -1.01. The molecule has 1 N–H and O–H groups in total. The van der Waals surface area contributed by atoms with Gasteiger partial charge in [-0.1, -0.05) is 18.2 Å². The van der Waals surface area contributed by atoms with Gasteiger partial charge in [-0.2, -0.15) is 5.26 Å². The van der Waals surface area contributed by atoms with Crippen molar-refractivity contribution in [3.63, 3.8) is 0 Å². The van der Waals surface area contributed by atoms with E-state index in [0.717, 1.165) is 0 Å². The van der Waals surface area contributed by atoms with E-state index in [-0.39, 0.29) is 12.3 Å². The van der Waals surface area contributed by atoms with E-state index in [9.17, 15) is 20.0 Å². The van der Waals surface area contributed by atoms with Gasteiger partial charge in [-0.3, -0.25) is 9.59 Å². The minimum Gasteiger partial charge on any atom is -0.481 e. The lowest BCUT2D eigenvalue weighted by atomic mass is 9.89. The topological polar surface area (TPSA) is 81.4 Å². The van der Waals surface area contributed by atoms with E-state index in [1.165, 1.54) is 0 Å². The van der Waals surface area contributed by atoms with Crippen LogP contribution in [0.25, 0.3) is 0 Å². The lowest BCUT2D eigenvalue weighted by Crippen LogP contribution is -2.44. The molecule has 0 aromatic heterocycles. The summed E-state index contributed by atoms with van der Waals surface area (Å²) < 4.78 is 0. The first-order chi connectivity index (χ1) is 9.77. The van der Waals surface area contributed by atoms with Crippen molar-refractivity contribution in [2.45, 2.75) is 38.8 Å². The van der Waals surface area contributed by atoms with Gasteiger partial charge in [0.05, 0.1) is 23.6 Å².